The minimum Gasteiger partial charge on any atom is -0.497 e. The van der Waals surface area contributed by atoms with Crippen LogP contribution in [0, 0.1) is 5.92 Å². The van der Waals surface area contributed by atoms with Gasteiger partial charge < -0.3 is 25.4 Å². The Morgan fingerprint density at radius 1 is 1.35 bits per heavy atom. The van der Waals surface area contributed by atoms with Crippen molar-refractivity contribution in [3.63, 3.8) is 0 Å². The molecule has 3 amide bonds. The van der Waals surface area contributed by atoms with E-state index in [2.05, 4.69) is 5.32 Å². The smallest absolute Gasteiger partial charge is 0.314 e. The van der Waals surface area contributed by atoms with Crippen molar-refractivity contribution in [2.45, 2.75) is 19.4 Å². The maximum absolute atomic E-state index is 12.3. The van der Waals surface area contributed by atoms with Gasteiger partial charge in [0, 0.05) is 25.2 Å². The highest BCUT2D eigenvalue weighted by Crippen LogP contribution is 2.24. The van der Waals surface area contributed by atoms with Crippen molar-refractivity contribution in [2.24, 2.45) is 11.7 Å². The van der Waals surface area contributed by atoms with E-state index in [1.54, 1.807) is 26.4 Å². The van der Waals surface area contributed by atoms with Crippen LogP contribution in [0.1, 0.15) is 18.4 Å². The fourth-order valence-corrected chi connectivity index (χ4v) is 2.74. The fourth-order valence-electron chi connectivity index (χ4n) is 2.74. The van der Waals surface area contributed by atoms with E-state index in [0.29, 0.717) is 31.1 Å². The van der Waals surface area contributed by atoms with Crippen molar-refractivity contribution in [2.75, 3.05) is 27.3 Å². The van der Waals surface area contributed by atoms with Crippen molar-refractivity contribution in [3.8, 4) is 11.5 Å². The lowest BCUT2D eigenvalue weighted by atomic mass is 9.97. The van der Waals surface area contributed by atoms with Gasteiger partial charge >= 0.3 is 6.03 Å². The van der Waals surface area contributed by atoms with Crippen molar-refractivity contribution < 1.29 is 19.1 Å². The van der Waals surface area contributed by atoms with E-state index in [1.807, 2.05) is 6.07 Å². The fraction of sp³-hybridized carbons (Fsp3) is 0.500. The average molecular weight is 321 g/mol. The summed E-state index contributed by atoms with van der Waals surface area (Å²) < 4.78 is 10.5. The van der Waals surface area contributed by atoms with Crippen LogP contribution in [0.2, 0.25) is 0 Å². The molecule has 1 aliphatic rings. The second kappa shape index (κ2) is 7.71. The average Bonchev–Trinajstić information content (AvgIpc) is 2.59. The number of nitrogens with zero attached hydrogens (tertiary/aromatic N) is 1. The summed E-state index contributed by atoms with van der Waals surface area (Å²) in [5, 5.41) is 2.90. The number of amides is 3. The van der Waals surface area contributed by atoms with Crippen LogP contribution in [-0.4, -0.2) is 44.1 Å². The Kier molecular flexibility index (Phi) is 5.67. The van der Waals surface area contributed by atoms with Gasteiger partial charge in [-0.2, -0.15) is 0 Å². The standard InChI is InChI=1S/C16H23N3O4/c1-22-13-5-6-14(23-2)12(8-13)9-18-15(20)11-4-3-7-19(10-11)16(17)21/h5-6,8,11H,3-4,7,9-10H2,1-2H3,(H2,17,21)(H,18,20)/t11-/m1/s1. The van der Waals surface area contributed by atoms with Gasteiger partial charge in [-0.25, -0.2) is 4.79 Å². The molecule has 0 aliphatic carbocycles. The Balaban J connectivity index is 1.97. The lowest BCUT2D eigenvalue weighted by Crippen LogP contribution is -2.47. The zero-order valence-corrected chi connectivity index (χ0v) is 13.5. The molecule has 0 aromatic heterocycles. The zero-order valence-electron chi connectivity index (χ0n) is 13.5. The number of hydrogen-bond donors (Lipinski definition) is 2. The van der Waals surface area contributed by atoms with Crippen molar-refractivity contribution in [3.05, 3.63) is 23.8 Å². The summed E-state index contributed by atoms with van der Waals surface area (Å²) in [6, 6.07) is 4.96. The van der Waals surface area contributed by atoms with Gasteiger partial charge in [-0.05, 0) is 31.0 Å². The number of rotatable bonds is 5. The molecule has 1 atom stereocenters. The number of benzene rings is 1. The number of carbonyl (C=O) groups excluding carboxylic acids is 2. The maximum atomic E-state index is 12.3. The summed E-state index contributed by atoms with van der Waals surface area (Å²) in [4.78, 5) is 25.1. The second-order valence-electron chi connectivity index (χ2n) is 5.52. The minimum atomic E-state index is -0.475. The van der Waals surface area contributed by atoms with Gasteiger partial charge in [0.1, 0.15) is 11.5 Å². The number of carbonyl (C=O) groups is 2. The highest BCUT2D eigenvalue weighted by Gasteiger charge is 2.27. The van der Waals surface area contributed by atoms with Gasteiger partial charge in [-0.3, -0.25) is 4.79 Å². The SMILES string of the molecule is COc1ccc(OC)c(CNC(=O)[C@@H]2CCCN(C(N)=O)C2)c1. The van der Waals surface area contributed by atoms with E-state index < -0.39 is 6.03 Å². The minimum absolute atomic E-state index is 0.0826. The maximum Gasteiger partial charge on any atom is 0.314 e. The van der Waals surface area contributed by atoms with Crippen LogP contribution >= 0.6 is 0 Å². The molecular formula is C16H23N3O4. The molecule has 1 saturated heterocycles. The molecule has 0 saturated carbocycles. The quantitative estimate of drug-likeness (QED) is 0.849. The molecule has 1 aromatic carbocycles. The number of hydrogen-bond acceptors (Lipinski definition) is 4. The summed E-state index contributed by atoms with van der Waals surface area (Å²) in [6.07, 6.45) is 1.54. The predicted octanol–water partition coefficient (Wildman–Crippen LogP) is 1.11. The van der Waals surface area contributed by atoms with Gasteiger partial charge in [0.15, 0.2) is 0 Å². The topological polar surface area (TPSA) is 93.9 Å². The number of piperidine rings is 1. The van der Waals surface area contributed by atoms with Crippen LogP contribution in [0.25, 0.3) is 0 Å². The number of methoxy groups -OCH3 is 2. The van der Waals surface area contributed by atoms with Crippen LogP contribution < -0.4 is 20.5 Å². The van der Waals surface area contributed by atoms with E-state index in [9.17, 15) is 9.59 Å². The van der Waals surface area contributed by atoms with Crippen molar-refractivity contribution in [1.82, 2.24) is 10.2 Å². The molecule has 3 N–H and O–H groups in total. The number of likely N-dealkylation sites (tertiary alicyclic amines) is 1. The first-order valence-electron chi connectivity index (χ1n) is 7.58. The first kappa shape index (κ1) is 16.9. The van der Waals surface area contributed by atoms with E-state index >= 15 is 0 Å². The second-order valence-corrected chi connectivity index (χ2v) is 5.52. The molecule has 1 aromatic rings. The largest absolute Gasteiger partial charge is 0.497 e. The van der Waals surface area contributed by atoms with Gasteiger partial charge in [0.05, 0.1) is 20.1 Å². The predicted molar refractivity (Wildman–Crippen MR) is 85.3 cm³/mol. The molecular weight excluding hydrogens is 298 g/mol. The third-order valence-corrected chi connectivity index (χ3v) is 4.04. The van der Waals surface area contributed by atoms with Crippen molar-refractivity contribution in [1.29, 1.82) is 0 Å². The molecule has 0 radical (unpaired) electrons. The first-order valence-corrected chi connectivity index (χ1v) is 7.58. The molecule has 126 valence electrons. The van der Waals surface area contributed by atoms with E-state index in [-0.39, 0.29) is 11.8 Å². The Bertz CT molecular complexity index is 576. The number of nitrogens with two attached hydrogens (primary N) is 1. The third kappa shape index (κ3) is 4.28. The molecule has 1 fully saturated rings. The van der Waals surface area contributed by atoms with Gasteiger partial charge in [0.2, 0.25) is 5.91 Å². The Hall–Kier alpha value is -2.44. The van der Waals surface area contributed by atoms with Crippen LogP contribution in [0.3, 0.4) is 0 Å². The number of primary amides is 1. The van der Waals surface area contributed by atoms with Gasteiger partial charge in [0.25, 0.3) is 0 Å². The van der Waals surface area contributed by atoms with E-state index in [1.165, 1.54) is 4.90 Å². The summed E-state index contributed by atoms with van der Waals surface area (Å²) >= 11 is 0. The molecule has 7 heteroatoms. The zero-order chi connectivity index (χ0) is 16.8. The number of ether oxygens (including phenoxy) is 2. The van der Waals surface area contributed by atoms with Crippen molar-refractivity contribution >= 4 is 11.9 Å². The molecule has 0 unspecified atom stereocenters. The molecule has 0 bridgehead atoms. The number of urea groups is 1. The Morgan fingerprint density at radius 3 is 2.78 bits per heavy atom. The molecule has 23 heavy (non-hydrogen) atoms. The van der Waals surface area contributed by atoms with E-state index in [0.717, 1.165) is 18.4 Å². The molecule has 1 aliphatic heterocycles. The van der Waals surface area contributed by atoms with Gasteiger partial charge in [-0.15, -0.1) is 0 Å². The Morgan fingerprint density at radius 2 is 2.13 bits per heavy atom. The third-order valence-electron chi connectivity index (χ3n) is 4.04. The highest BCUT2D eigenvalue weighted by atomic mass is 16.5. The van der Waals surface area contributed by atoms with Crippen LogP contribution in [0.5, 0.6) is 11.5 Å². The Labute approximate surface area is 135 Å². The van der Waals surface area contributed by atoms with E-state index in [4.69, 9.17) is 15.2 Å². The highest BCUT2D eigenvalue weighted by molar-refractivity contribution is 5.80. The first-order chi connectivity index (χ1) is 11.0. The summed E-state index contributed by atoms with van der Waals surface area (Å²) in [5.74, 6) is 1.08. The summed E-state index contributed by atoms with van der Waals surface area (Å²) in [5.41, 5.74) is 6.13. The molecule has 2 rings (SSSR count). The molecule has 7 nitrogen and oxygen atoms in total. The lowest BCUT2D eigenvalue weighted by molar-refractivity contribution is -0.126. The normalized spacial score (nSPS) is 17.5. The number of nitrogens with one attached hydrogen (secondary N) is 1. The van der Waals surface area contributed by atoms with Gasteiger partial charge in [-0.1, -0.05) is 0 Å². The lowest BCUT2D eigenvalue weighted by Gasteiger charge is -2.30. The summed E-state index contributed by atoms with van der Waals surface area (Å²) in [6.45, 7) is 1.32. The molecule has 1 heterocycles. The van der Waals surface area contributed by atoms with Crippen LogP contribution in [0.15, 0.2) is 18.2 Å². The van der Waals surface area contributed by atoms with Crippen LogP contribution in [0.4, 0.5) is 4.79 Å². The van der Waals surface area contributed by atoms with Crippen LogP contribution in [-0.2, 0) is 11.3 Å². The monoisotopic (exact) mass is 321 g/mol. The summed E-state index contributed by atoms with van der Waals surface area (Å²) in [7, 11) is 3.17. The molecule has 0 spiro atoms.